The van der Waals surface area contributed by atoms with Crippen LogP contribution in [0.1, 0.15) is 60.3 Å². The Hall–Kier alpha value is -0.770. The molecule has 1 amide bonds. The number of likely N-dealkylation sites (tertiary alicyclic amines) is 1. The zero-order chi connectivity index (χ0) is 16.3. The van der Waals surface area contributed by atoms with Crippen molar-refractivity contribution in [1.82, 2.24) is 10.2 Å². The fraction of sp³-hybridized carbons (Fsp3) is 0.944. The van der Waals surface area contributed by atoms with Crippen LogP contribution in [0.5, 0.6) is 0 Å². The van der Waals surface area contributed by atoms with E-state index in [-0.39, 0.29) is 6.09 Å². The number of nitrogens with one attached hydrogen (secondary N) is 1. The number of ether oxygens (including phenoxy) is 1. The predicted molar refractivity (Wildman–Crippen MR) is 89.9 cm³/mol. The second-order valence-electron chi connectivity index (χ2n) is 8.45. The van der Waals surface area contributed by atoms with Crippen LogP contribution in [-0.2, 0) is 4.74 Å². The number of nitrogens with zero attached hydrogens (tertiary/aromatic N) is 1. The van der Waals surface area contributed by atoms with E-state index in [1.165, 1.54) is 19.3 Å². The van der Waals surface area contributed by atoms with Gasteiger partial charge < -0.3 is 15.0 Å². The second kappa shape index (κ2) is 7.20. The molecule has 128 valence electrons. The Morgan fingerprint density at radius 2 is 1.91 bits per heavy atom. The van der Waals surface area contributed by atoms with Crippen LogP contribution in [0.4, 0.5) is 4.79 Å². The Morgan fingerprint density at radius 1 is 1.18 bits per heavy atom. The molecule has 0 radical (unpaired) electrons. The molecule has 0 aromatic heterocycles. The normalized spacial score (nSPS) is 33.0. The third-order valence-corrected chi connectivity index (χ3v) is 5.23. The molecule has 1 heterocycles. The molecule has 4 heteroatoms. The van der Waals surface area contributed by atoms with Gasteiger partial charge in [0.2, 0.25) is 0 Å². The van der Waals surface area contributed by atoms with Crippen LogP contribution in [0.25, 0.3) is 0 Å². The fourth-order valence-electron chi connectivity index (χ4n) is 3.56. The number of hydrogen-bond donors (Lipinski definition) is 1. The van der Waals surface area contributed by atoms with Gasteiger partial charge in [0.05, 0.1) is 0 Å². The van der Waals surface area contributed by atoms with E-state index in [9.17, 15) is 4.79 Å². The third-order valence-electron chi connectivity index (χ3n) is 5.23. The Labute approximate surface area is 136 Å². The van der Waals surface area contributed by atoms with Gasteiger partial charge in [0.15, 0.2) is 0 Å². The van der Waals surface area contributed by atoms with Crippen molar-refractivity contribution < 1.29 is 9.53 Å². The van der Waals surface area contributed by atoms with Crippen LogP contribution in [0.3, 0.4) is 0 Å². The topological polar surface area (TPSA) is 41.6 Å². The molecule has 0 bridgehead atoms. The summed E-state index contributed by atoms with van der Waals surface area (Å²) in [5.74, 6) is 2.27. The van der Waals surface area contributed by atoms with Crippen molar-refractivity contribution in [2.75, 3.05) is 19.6 Å². The number of hydrogen-bond acceptors (Lipinski definition) is 3. The number of carbonyl (C=O) groups excluding carboxylic acids is 1. The third kappa shape index (κ3) is 5.15. The van der Waals surface area contributed by atoms with Crippen LogP contribution in [0, 0.1) is 17.8 Å². The van der Waals surface area contributed by atoms with E-state index in [0.717, 1.165) is 37.9 Å². The molecule has 1 saturated heterocycles. The van der Waals surface area contributed by atoms with Crippen molar-refractivity contribution in [1.29, 1.82) is 0 Å². The minimum Gasteiger partial charge on any atom is -0.444 e. The van der Waals surface area contributed by atoms with Gasteiger partial charge in [0.25, 0.3) is 0 Å². The highest BCUT2D eigenvalue weighted by Gasteiger charge is 2.30. The van der Waals surface area contributed by atoms with Crippen molar-refractivity contribution in [3.63, 3.8) is 0 Å². The van der Waals surface area contributed by atoms with Crippen LogP contribution in [0.15, 0.2) is 0 Å². The summed E-state index contributed by atoms with van der Waals surface area (Å²) in [5, 5.41) is 3.74. The Morgan fingerprint density at radius 3 is 2.55 bits per heavy atom. The van der Waals surface area contributed by atoms with E-state index in [2.05, 4.69) is 19.2 Å². The molecule has 4 atom stereocenters. The predicted octanol–water partition coefficient (Wildman–Crippen LogP) is 3.66. The minimum atomic E-state index is -0.400. The maximum absolute atomic E-state index is 12.1. The van der Waals surface area contributed by atoms with E-state index in [1.807, 2.05) is 25.7 Å². The molecule has 2 rings (SSSR count). The van der Waals surface area contributed by atoms with Crippen molar-refractivity contribution in [2.45, 2.75) is 71.9 Å². The lowest BCUT2D eigenvalue weighted by atomic mass is 9.79. The first kappa shape index (κ1) is 17.6. The first-order chi connectivity index (χ1) is 10.2. The number of carbonyl (C=O) groups is 1. The highest BCUT2D eigenvalue weighted by molar-refractivity contribution is 5.68. The van der Waals surface area contributed by atoms with Gasteiger partial charge in [-0.05, 0) is 70.8 Å². The lowest BCUT2D eigenvalue weighted by Gasteiger charge is -2.33. The molecule has 1 saturated carbocycles. The molecule has 4 nitrogen and oxygen atoms in total. The highest BCUT2D eigenvalue weighted by atomic mass is 16.6. The van der Waals surface area contributed by atoms with E-state index in [1.54, 1.807) is 0 Å². The maximum atomic E-state index is 12.1. The van der Waals surface area contributed by atoms with Crippen LogP contribution >= 0.6 is 0 Å². The lowest BCUT2D eigenvalue weighted by Crippen LogP contribution is -2.40. The van der Waals surface area contributed by atoms with Gasteiger partial charge in [-0.3, -0.25) is 0 Å². The average molecular weight is 310 g/mol. The summed E-state index contributed by atoms with van der Waals surface area (Å²) in [6.45, 7) is 13.2. The van der Waals surface area contributed by atoms with E-state index < -0.39 is 5.60 Å². The van der Waals surface area contributed by atoms with Crippen molar-refractivity contribution in [3.05, 3.63) is 0 Å². The Balaban J connectivity index is 1.69. The number of rotatable bonds is 3. The summed E-state index contributed by atoms with van der Waals surface area (Å²) in [6, 6.07) is 0.668. The molecule has 1 N–H and O–H groups in total. The molecule has 2 aliphatic rings. The van der Waals surface area contributed by atoms with Crippen LogP contribution in [0.2, 0.25) is 0 Å². The number of amides is 1. The van der Waals surface area contributed by atoms with E-state index in [4.69, 9.17) is 4.74 Å². The molecule has 1 aliphatic heterocycles. The van der Waals surface area contributed by atoms with Crippen LogP contribution < -0.4 is 5.32 Å². The Kier molecular flexibility index (Phi) is 5.76. The average Bonchev–Trinajstić information content (AvgIpc) is 2.87. The summed E-state index contributed by atoms with van der Waals surface area (Å²) < 4.78 is 5.46. The molecule has 2 fully saturated rings. The molecule has 0 spiro atoms. The zero-order valence-electron chi connectivity index (χ0n) is 15.0. The summed E-state index contributed by atoms with van der Waals surface area (Å²) >= 11 is 0. The second-order valence-corrected chi connectivity index (χ2v) is 8.45. The lowest BCUT2D eigenvalue weighted by molar-refractivity contribution is 0.0288. The zero-order valence-corrected chi connectivity index (χ0v) is 15.0. The standard InChI is InChI=1S/C18H34N2O2/c1-13-6-7-16(10-14(13)2)19-11-15-8-9-20(12-15)17(21)22-18(3,4)5/h13-16,19H,6-12H2,1-5H3. The highest BCUT2D eigenvalue weighted by Crippen LogP contribution is 2.29. The van der Waals surface area contributed by atoms with Gasteiger partial charge in [0, 0.05) is 19.1 Å². The largest absolute Gasteiger partial charge is 0.444 e. The van der Waals surface area contributed by atoms with Gasteiger partial charge in [-0.25, -0.2) is 4.79 Å². The first-order valence-corrected chi connectivity index (χ1v) is 8.96. The van der Waals surface area contributed by atoms with E-state index >= 15 is 0 Å². The SMILES string of the molecule is CC1CCC(NCC2CCN(C(=O)OC(C)(C)C)C2)CC1C. The fourth-order valence-corrected chi connectivity index (χ4v) is 3.56. The Bertz CT molecular complexity index is 378. The van der Waals surface area contributed by atoms with Crippen molar-refractivity contribution >= 4 is 6.09 Å². The van der Waals surface area contributed by atoms with Crippen LogP contribution in [-0.4, -0.2) is 42.3 Å². The molecule has 1 aliphatic carbocycles. The monoisotopic (exact) mass is 310 g/mol. The van der Waals surface area contributed by atoms with Gasteiger partial charge in [0.1, 0.15) is 5.60 Å². The minimum absolute atomic E-state index is 0.157. The van der Waals surface area contributed by atoms with Gasteiger partial charge in [-0.15, -0.1) is 0 Å². The molecule has 4 unspecified atom stereocenters. The summed E-state index contributed by atoms with van der Waals surface area (Å²) in [5.41, 5.74) is -0.400. The van der Waals surface area contributed by atoms with Crippen molar-refractivity contribution in [3.8, 4) is 0 Å². The molecular weight excluding hydrogens is 276 g/mol. The maximum Gasteiger partial charge on any atom is 0.410 e. The summed E-state index contributed by atoms with van der Waals surface area (Å²) in [7, 11) is 0. The van der Waals surface area contributed by atoms with Crippen molar-refractivity contribution in [2.24, 2.45) is 17.8 Å². The van der Waals surface area contributed by atoms with Gasteiger partial charge in [-0.1, -0.05) is 13.8 Å². The molecule has 22 heavy (non-hydrogen) atoms. The van der Waals surface area contributed by atoms with E-state index in [0.29, 0.717) is 12.0 Å². The molecular formula is C18H34N2O2. The molecule has 0 aromatic carbocycles. The molecule has 0 aromatic rings. The summed E-state index contributed by atoms with van der Waals surface area (Å²) in [4.78, 5) is 13.9. The smallest absolute Gasteiger partial charge is 0.410 e. The first-order valence-electron chi connectivity index (χ1n) is 8.96. The summed E-state index contributed by atoms with van der Waals surface area (Å²) in [6.07, 6.45) is 4.87. The van der Waals surface area contributed by atoms with Gasteiger partial charge in [-0.2, -0.15) is 0 Å². The quantitative estimate of drug-likeness (QED) is 0.865. The van der Waals surface area contributed by atoms with Gasteiger partial charge >= 0.3 is 6.09 Å².